The Morgan fingerprint density at radius 1 is 1.00 bits per heavy atom. The lowest BCUT2D eigenvalue weighted by molar-refractivity contribution is -0.137. The molecule has 0 spiro atoms. The number of hydrogen-bond acceptors (Lipinski definition) is 9. The van der Waals surface area contributed by atoms with Crippen LogP contribution in [-0.4, -0.2) is 75.4 Å². The van der Waals surface area contributed by atoms with Gasteiger partial charge in [-0.2, -0.15) is 0 Å². The number of ether oxygens (including phenoxy) is 2. The Bertz CT molecular complexity index is 1790. The number of ketones is 1. The average Bonchev–Trinajstić information content (AvgIpc) is 3.40. The van der Waals surface area contributed by atoms with Gasteiger partial charge in [-0.1, -0.05) is 12.1 Å². The van der Waals surface area contributed by atoms with Gasteiger partial charge in [0.15, 0.2) is 11.6 Å². The molecule has 2 aliphatic heterocycles. The highest BCUT2D eigenvalue weighted by Crippen LogP contribution is 2.39. The van der Waals surface area contributed by atoms with Crippen molar-refractivity contribution < 1.29 is 28.2 Å². The number of carbonyl (C=O) groups excluding carboxylic acids is 3. The molecule has 1 aromatic carbocycles. The van der Waals surface area contributed by atoms with E-state index in [1.54, 1.807) is 29.3 Å². The fourth-order valence-corrected chi connectivity index (χ4v) is 6.78. The molecule has 0 atom stereocenters. The SMILES string of the molecule is CC(=O)N1CC(CC(=O)Cc2ccc(Oc3ccnc4cc(-c5ccc(CN6CC(NC(=O)OC(C)(C)C)C6)cn5)sc34)c(F)c2)C1. The van der Waals surface area contributed by atoms with Gasteiger partial charge in [-0.05, 0) is 56.2 Å². The molecular formula is C35H38FN5O5S. The number of pyridine rings is 2. The van der Waals surface area contributed by atoms with Crippen LogP contribution in [0.5, 0.6) is 11.5 Å². The average molecular weight is 660 g/mol. The summed E-state index contributed by atoms with van der Waals surface area (Å²) in [6, 6.07) is 12.3. The first kappa shape index (κ1) is 32.5. The standard InChI is InChI=1S/C35H38FN5O5S/c1-21(42)41-17-24(18-41)12-26(43)11-22-6-8-30(27(36)13-22)45-31-9-10-37-29-14-32(47-33(29)31)28-7-5-23(15-38-28)16-40-19-25(20-40)39-34(44)46-35(2,3)4/h5-10,13-15,24-25H,11-12,16-20H2,1-4H3,(H,39,44). The van der Waals surface area contributed by atoms with Crippen molar-refractivity contribution in [1.29, 1.82) is 0 Å². The van der Waals surface area contributed by atoms with E-state index in [1.165, 1.54) is 24.3 Å². The third-order valence-electron chi connectivity index (χ3n) is 8.07. The summed E-state index contributed by atoms with van der Waals surface area (Å²) in [7, 11) is 0. The fraction of sp³-hybridized carbons (Fsp3) is 0.400. The van der Waals surface area contributed by atoms with Gasteiger partial charge in [0.25, 0.3) is 0 Å². The van der Waals surface area contributed by atoms with Gasteiger partial charge in [0, 0.05) is 76.9 Å². The number of halogens is 1. The normalized spacial score (nSPS) is 15.6. The lowest BCUT2D eigenvalue weighted by atomic mass is 9.92. The van der Waals surface area contributed by atoms with Crippen molar-refractivity contribution in [2.24, 2.45) is 5.92 Å². The van der Waals surface area contributed by atoms with Crippen molar-refractivity contribution in [3.05, 3.63) is 71.8 Å². The molecular weight excluding hydrogens is 621 g/mol. The van der Waals surface area contributed by atoms with Gasteiger partial charge < -0.3 is 19.7 Å². The molecule has 246 valence electrons. The Morgan fingerprint density at radius 3 is 2.45 bits per heavy atom. The molecule has 2 saturated heterocycles. The van der Waals surface area contributed by atoms with Crippen molar-refractivity contribution >= 4 is 39.3 Å². The Balaban J connectivity index is 1.04. The molecule has 5 heterocycles. The van der Waals surface area contributed by atoms with E-state index in [0.29, 0.717) is 30.8 Å². The second kappa shape index (κ2) is 13.4. The number of Topliss-reactive ketones (excluding diaryl/α,β-unsaturated/α-hetero) is 1. The summed E-state index contributed by atoms with van der Waals surface area (Å²) in [5, 5.41) is 2.90. The van der Waals surface area contributed by atoms with Crippen molar-refractivity contribution in [1.82, 2.24) is 25.1 Å². The fourth-order valence-electron chi connectivity index (χ4n) is 5.74. The van der Waals surface area contributed by atoms with Gasteiger partial charge in [-0.15, -0.1) is 11.3 Å². The van der Waals surface area contributed by atoms with E-state index in [9.17, 15) is 14.4 Å². The number of thiophene rings is 1. The first-order valence-electron chi connectivity index (χ1n) is 15.7. The topological polar surface area (TPSA) is 114 Å². The van der Waals surface area contributed by atoms with Crippen LogP contribution in [0, 0.1) is 11.7 Å². The highest BCUT2D eigenvalue weighted by molar-refractivity contribution is 7.22. The lowest BCUT2D eigenvalue weighted by Crippen LogP contribution is -2.59. The van der Waals surface area contributed by atoms with Crippen molar-refractivity contribution in [2.75, 3.05) is 26.2 Å². The predicted octanol–water partition coefficient (Wildman–Crippen LogP) is 5.98. The first-order chi connectivity index (χ1) is 22.4. The minimum absolute atomic E-state index is 0.0208. The van der Waals surface area contributed by atoms with Crippen LogP contribution in [0.1, 0.15) is 45.2 Å². The molecule has 3 aromatic heterocycles. The predicted molar refractivity (Wildman–Crippen MR) is 177 cm³/mol. The smallest absolute Gasteiger partial charge is 0.407 e. The van der Waals surface area contributed by atoms with Gasteiger partial charge in [-0.3, -0.25) is 24.5 Å². The number of amides is 2. The molecule has 0 unspecified atom stereocenters. The summed E-state index contributed by atoms with van der Waals surface area (Å²) in [6.07, 6.45) is 3.60. The van der Waals surface area contributed by atoms with E-state index in [2.05, 4.69) is 20.2 Å². The molecule has 2 aliphatic rings. The zero-order chi connectivity index (χ0) is 33.3. The second-order valence-electron chi connectivity index (χ2n) is 13.3. The molecule has 2 amide bonds. The Labute approximate surface area is 276 Å². The number of benzene rings is 1. The minimum atomic E-state index is -0.546. The Kier molecular flexibility index (Phi) is 9.25. The van der Waals surface area contributed by atoms with Crippen LogP contribution in [-0.2, 0) is 27.3 Å². The number of alkyl carbamates (subject to hydrolysis) is 1. The third-order valence-corrected chi connectivity index (χ3v) is 9.23. The molecule has 6 rings (SSSR count). The second-order valence-corrected chi connectivity index (χ2v) is 14.4. The quantitative estimate of drug-likeness (QED) is 0.221. The van der Waals surface area contributed by atoms with Crippen molar-refractivity contribution in [3.63, 3.8) is 0 Å². The molecule has 2 fully saturated rings. The molecule has 12 heteroatoms. The van der Waals surface area contributed by atoms with Crippen LogP contribution >= 0.6 is 11.3 Å². The van der Waals surface area contributed by atoms with Crippen LogP contribution in [0.4, 0.5) is 9.18 Å². The van der Waals surface area contributed by atoms with Crippen LogP contribution in [0.2, 0.25) is 0 Å². The summed E-state index contributed by atoms with van der Waals surface area (Å²) >= 11 is 1.47. The monoisotopic (exact) mass is 659 g/mol. The van der Waals surface area contributed by atoms with Crippen LogP contribution in [0.25, 0.3) is 20.8 Å². The number of likely N-dealkylation sites (tertiary alicyclic amines) is 2. The molecule has 0 radical (unpaired) electrons. The van der Waals surface area contributed by atoms with Crippen molar-refractivity contribution in [3.8, 4) is 22.1 Å². The van der Waals surface area contributed by atoms with E-state index < -0.39 is 17.5 Å². The minimum Gasteiger partial charge on any atom is -0.453 e. The summed E-state index contributed by atoms with van der Waals surface area (Å²) in [4.78, 5) is 49.9. The van der Waals surface area contributed by atoms with Gasteiger partial charge >= 0.3 is 6.09 Å². The van der Waals surface area contributed by atoms with E-state index in [1.807, 2.05) is 45.2 Å². The number of nitrogens with zero attached hydrogens (tertiary/aromatic N) is 4. The van der Waals surface area contributed by atoms with Crippen LogP contribution in [0.15, 0.2) is 54.9 Å². The molecule has 47 heavy (non-hydrogen) atoms. The number of fused-ring (bicyclic) bond motifs is 1. The van der Waals surface area contributed by atoms with Crippen LogP contribution in [0.3, 0.4) is 0 Å². The lowest BCUT2D eigenvalue weighted by Gasteiger charge is -2.39. The molecule has 0 saturated carbocycles. The summed E-state index contributed by atoms with van der Waals surface area (Å²) in [5.74, 6) is 0.222. The highest BCUT2D eigenvalue weighted by Gasteiger charge is 2.31. The largest absolute Gasteiger partial charge is 0.453 e. The maximum Gasteiger partial charge on any atom is 0.407 e. The molecule has 4 aromatic rings. The number of hydrogen-bond donors (Lipinski definition) is 1. The van der Waals surface area contributed by atoms with E-state index in [4.69, 9.17) is 9.47 Å². The van der Waals surface area contributed by atoms with Gasteiger partial charge in [0.2, 0.25) is 5.91 Å². The molecule has 1 N–H and O–H groups in total. The Hall–Kier alpha value is -4.42. The van der Waals surface area contributed by atoms with Crippen LogP contribution < -0.4 is 10.1 Å². The highest BCUT2D eigenvalue weighted by atomic mass is 32.1. The molecule has 10 nitrogen and oxygen atoms in total. The number of aromatic nitrogens is 2. The van der Waals surface area contributed by atoms with Gasteiger partial charge in [0.1, 0.15) is 17.1 Å². The third kappa shape index (κ3) is 8.12. The number of nitrogens with one attached hydrogen (secondary N) is 1. The van der Waals surface area contributed by atoms with E-state index >= 15 is 4.39 Å². The van der Waals surface area contributed by atoms with E-state index in [-0.39, 0.29) is 35.8 Å². The summed E-state index contributed by atoms with van der Waals surface area (Å²) in [5.41, 5.74) is 2.65. The van der Waals surface area contributed by atoms with Crippen molar-refractivity contribution in [2.45, 2.75) is 58.7 Å². The maximum atomic E-state index is 15.1. The van der Waals surface area contributed by atoms with Gasteiger partial charge in [-0.25, -0.2) is 9.18 Å². The first-order valence-corrected chi connectivity index (χ1v) is 16.5. The zero-order valence-corrected chi connectivity index (χ0v) is 27.7. The van der Waals surface area contributed by atoms with Gasteiger partial charge in [0.05, 0.1) is 26.8 Å². The molecule has 0 bridgehead atoms. The molecule has 0 aliphatic carbocycles. The number of carbonyl (C=O) groups is 3. The summed E-state index contributed by atoms with van der Waals surface area (Å²) in [6.45, 7) is 10.5. The summed E-state index contributed by atoms with van der Waals surface area (Å²) < 4.78 is 27.2. The maximum absolute atomic E-state index is 15.1. The number of rotatable bonds is 10. The Morgan fingerprint density at radius 2 is 1.77 bits per heavy atom. The van der Waals surface area contributed by atoms with E-state index in [0.717, 1.165) is 46.0 Å². The zero-order valence-electron chi connectivity index (χ0n) is 26.9.